The summed E-state index contributed by atoms with van der Waals surface area (Å²) in [5.74, 6) is -5.95. The van der Waals surface area contributed by atoms with E-state index in [2.05, 4.69) is 0 Å². The standard InChI is InChI=1S/C52H26N4O8/c57-45-31-21-23-33-41-39(31)37(49(61)53(45)27-13-5-1-6-14-27)25-35(43(41)51(63)55(47(33)59)29-17-9-3-10-18-29)36-26-38-40-32(46(58)54(50(38)62)28-15-7-2-8-16-28)22-24-34-42(40)44(36)52(64)56(48(34)60)30-19-11-4-12-20-30/h1-26H. The molecule has 0 unspecified atom stereocenters. The van der Waals surface area contributed by atoms with Gasteiger partial charge >= 0.3 is 0 Å². The molecule has 0 spiro atoms. The maximum Gasteiger partial charge on any atom is 0.266 e. The Hall–Kier alpha value is -9.16. The molecule has 0 aromatic heterocycles. The van der Waals surface area contributed by atoms with E-state index in [1.54, 1.807) is 121 Å². The molecule has 0 N–H and O–H groups in total. The molecule has 12 nitrogen and oxygen atoms in total. The molecular formula is C52H26N4O8. The fourth-order valence-electron chi connectivity index (χ4n) is 9.61. The van der Waals surface area contributed by atoms with Crippen molar-refractivity contribution in [3.63, 3.8) is 0 Å². The van der Waals surface area contributed by atoms with Crippen LogP contribution < -0.4 is 19.6 Å². The maximum atomic E-state index is 15.4. The van der Waals surface area contributed by atoms with Crippen molar-refractivity contribution in [1.82, 2.24) is 0 Å². The van der Waals surface area contributed by atoms with Gasteiger partial charge < -0.3 is 0 Å². The molecule has 4 aliphatic rings. The number of rotatable bonds is 5. The number of hydrogen-bond acceptors (Lipinski definition) is 8. The fraction of sp³-hybridized carbons (Fsp3) is 0. The molecule has 4 heterocycles. The molecule has 4 aliphatic heterocycles. The Morgan fingerprint density at radius 3 is 0.734 bits per heavy atom. The smallest absolute Gasteiger partial charge is 0.266 e. The maximum absolute atomic E-state index is 15.4. The lowest BCUT2D eigenvalue weighted by Gasteiger charge is -2.35. The zero-order valence-electron chi connectivity index (χ0n) is 33.1. The Balaban J connectivity index is 1.24. The highest BCUT2D eigenvalue weighted by Crippen LogP contribution is 2.49. The number of carbonyl (C=O) groups is 8. The molecule has 8 amide bonds. The van der Waals surface area contributed by atoms with E-state index in [9.17, 15) is 28.8 Å². The van der Waals surface area contributed by atoms with Crippen LogP contribution in [0.3, 0.4) is 0 Å². The second-order valence-corrected chi connectivity index (χ2v) is 15.6. The number of para-hydroxylation sites is 4. The van der Waals surface area contributed by atoms with Crippen LogP contribution in [0.1, 0.15) is 82.9 Å². The van der Waals surface area contributed by atoms with Crippen molar-refractivity contribution in [3.05, 3.63) is 202 Å². The summed E-state index contributed by atoms with van der Waals surface area (Å²) in [6.45, 7) is 0. The van der Waals surface area contributed by atoms with Gasteiger partial charge in [-0.2, -0.15) is 0 Å². The molecule has 302 valence electrons. The van der Waals surface area contributed by atoms with Crippen molar-refractivity contribution in [2.24, 2.45) is 0 Å². The molecule has 12 heteroatoms. The average Bonchev–Trinajstić information content (AvgIpc) is 3.32. The first-order valence-corrected chi connectivity index (χ1v) is 20.2. The Bertz CT molecular complexity index is 3320. The zero-order chi connectivity index (χ0) is 43.7. The van der Waals surface area contributed by atoms with Crippen molar-refractivity contribution in [1.29, 1.82) is 0 Å². The Morgan fingerprint density at radius 1 is 0.219 bits per heavy atom. The summed E-state index contributed by atoms with van der Waals surface area (Å²) < 4.78 is 0. The van der Waals surface area contributed by atoms with Crippen molar-refractivity contribution < 1.29 is 38.4 Å². The van der Waals surface area contributed by atoms with Gasteiger partial charge in [-0.05, 0) is 96.1 Å². The highest BCUT2D eigenvalue weighted by Gasteiger charge is 2.46. The molecule has 0 saturated heterocycles. The molecule has 12 rings (SSSR count). The molecule has 0 bridgehead atoms. The summed E-state index contributed by atoms with van der Waals surface area (Å²) in [5, 5.41) is 0.193. The summed E-state index contributed by atoms with van der Waals surface area (Å²) in [7, 11) is 0. The third-order valence-corrected chi connectivity index (χ3v) is 12.3. The first-order chi connectivity index (χ1) is 31.2. The van der Waals surface area contributed by atoms with E-state index in [0.29, 0.717) is 0 Å². The lowest BCUT2D eigenvalue weighted by atomic mass is 9.77. The summed E-state index contributed by atoms with van der Waals surface area (Å²) in [4.78, 5) is 123. The van der Waals surface area contributed by atoms with Crippen LogP contribution in [-0.2, 0) is 0 Å². The summed E-state index contributed by atoms with van der Waals surface area (Å²) >= 11 is 0. The van der Waals surface area contributed by atoms with E-state index in [0.717, 1.165) is 19.6 Å². The van der Waals surface area contributed by atoms with Crippen LogP contribution in [-0.4, -0.2) is 47.3 Å². The number of hydrogen-bond donors (Lipinski definition) is 0. The first-order valence-electron chi connectivity index (χ1n) is 20.2. The minimum atomic E-state index is -0.825. The fourth-order valence-corrected chi connectivity index (χ4v) is 9.61. The van der Waals surface area contributed by atoms with Crippen molar-refractivity contribution in [2.75, 3.05) is 19.6 Å². The Morgan fingerprint density at radius 2 is 0.453 bits per heavy atom. The lowest BCUT2D eigenvalue weighted by molar-refractivity contribution is 0.0872. The van der Waals surface area contributed by atoms with E-state index in [1.807, 2.05) is 0 Å². The molecule has 0 fully saturated rings. The lowest BCUT2D eigenvalue weighted by Crippen LogP contribution is -2.44. The van der Waals surface area contributed by atoms with Gasteiger partial charge in [0.05, 0.1) is 33.9 Å². The molecule has 8 aromatic carbocycles. The van der Waals surface area contributed by atoms with Crippen LogP contribution in [0, 0.1) is 0 Å². The molecule has 64 heavy (non-hydrogen) atoms. The molecular weight excluding hydrogens is 809 g/mol. The highest BCUT2D eigenvalue weighted by atomic mass is 16.2. The van der Waals surface area contributed by atoms with Crippen LogP contribution >= 0.6 is 0 Å². The molecule has 0 saturated carbocycles. The van der Waals surface area contributed by atoms with Crippen molar-refractivity contribution >= 4 is 91.6 Å². The summed E-state index contributed by atoms with van der Waals surface area (Å²) in [6, 6.07) is 41.7. The number of anilines is 4. The van der Waals surface area contributed by atoms with Crippen LogP contribution in [0.25, 0.3) is 32.7 Å². The number of carbonyl (C=O) groups excluding carboxylic acids is 8. The van der Waals surface area contributed by atoms with Crippen LogP contribution in [0.2, 0.25) is 0 Å². The molecule has 0 radical (unpaired) electrons. The van der Waals surface area contributed by atoms with Gasteiger partial charge in [-0.3, -0.25) is 38.4 Å². The van der Waals surface area contributed by atoms with Crippen molar-refractivity contribution in [2.45, 2.75) is 0 Å². The van der Waals surface area contributed by atoms with Gasteiger partial charge in [-0.25, -0.2) is 19.6 Å². The number of imide groups is 4. The number of nitrogens with zero attached hydrogens (tertiary/aromatic N) is 4. The Labute approximate surface area is 361 Å². The first kappa shape index (κ1) is 36.7. The number of amides is 8. The normalized spacial score (nSPS) is 15.3. The summed E-state index contributed by atoms with van der Waals surface area (Å²) in [5.41, 5.74) is 0.756. The summed E-state index contributed by atoms with van der Waals surface area (Å²) in [6.07, 6.45) is 0. The third kappa shape index (κ3) is 4.75. The molecule has 0 aliphatic carbocycles. The van der Waals surface area contributed by atoms with E-state index in [4.69, 9.17) is 0 Å². The predicted molar refractivity (Wildman–Crippen MR) is 237 cm³/mol. The van der Waals surface area contributed by atoms with Crippen LogP contribution in [0.5, 0.6) is 0 Å². The van der Waals surface area contributed by atoms with Gasteiger partial charge in [0.2, 0.25) is 0 Å². The van der Waals surface area contributed by atoms with Crippen LogP contribution in [0.4, 0.5) is 22.7 Å². The molecule has 8 aromatic rings. The van der Waals surface area contributed by atoms with E-state index < -0.39 is 47.3 Å². The van der Waals surface area contributed by atoms with Crippen LogP contribution in [0.15, 0.2) is 158 Å². The average molecular weight is 835 g/mol. The second kappa shape index (κ2) is 13.2. The predicted octanol–water partition coefficient (Wildman–Crippen LogP) is 8.86. The van der Waals surface area contributed by atoms with Gasteiger partial charge in [-0.15, -0.1) is 0 Å². The highest BCUT2D eigenvalue weighted by molar-refractivity contribution is 6.46. The van der Waals surface area contributed by atoms with Gasteiger partial charge in [0, 0.05) is 54.9 Å². The van der Waals surface area contributed by atoms with E-state index in [1.165, 1.54) is 36.4 Å². The van der Waals surface area contributed by atoms with Crippen molar-refractivity contribution in [3.8, 4) is 11.1 Å². The molecule has 0 atom stereocenters. The quantitative estimate of drug-likeness (QED) is 0.156. The van der Waals surface area contributed by atoms with Gasteiger partial charge in [0.15, 0.2) is 0 Å². The second-order valence-electron chi connectivity index (χ2n) is 15.6. The van der Waals surface area contributed by atoms with E-state index in [-0.39, 0.29) is 99.9 Å². The SMILES string of the molecule is O=C1c2ccc3c4c(c(-c5cc6c7c(ccc8c7c5C(=O)N(c5ccccc5)C8=O)C(=O)N(c5ccccc5)C6=O)cc(c24)C(=O)N1c1ccccc1)C(=O)N(c1ccccc1)C3=O. The largest absolute Gasteiger partial charge is 0.268 e. The topological polar surface area (TPSA) is 150 Å². The Kier molecular flexibility index (Phi) is 7.55. The van der Waals surface area contributed by atoms with Gasteiger partial charge in [0.1, 0.15) is 0 Å². The zero-order valence-corrected chi connectivity index (χ0v) is 33.1. The minimum Gasteiger partial charge on any atom is -0.268 e. The third-order valence-electron chi connectivity index (χ3n) is 12.3. The van der Waals surface area contributed by atoms with Gasteiger partial charge in [0.25, 0.3) is 47.3 Å². The number of benzene rings is 8. The minimum absolute atomic E-state index is 0.0113. The van der Waals surface area contributed by atoms with E-state index >= 15 is 9.59 Å². The monoisotopic (exact) mass is 834 g/mol. The van der Waals surface area contributed by atoms with Gasteiger partial charge in [-0.1, -0.05) is 72.8 Å².